The lowest BCUT2D eigenvalue weighted by Gasteiger charge is -2.45. The number of aromatic amines is 3. The molecule has 5 rings (SSSR count). The molecule has 2 aliphatic heterocycles. The van der Waals surface area contributed by atoms with Gasteiger partial charge < -0.3 is 9.72 Å². The summed E-state index contributed by atoms with van der Waals surface area (Å²) in [5.74, 6) is 1.15. The number of para-hydroxylation sites is 1. The summed E-state index contributed by atoms with van der Waals surface area (Å²) in [6.45, 7) is 4.04. The van der Waals surface area contributed by atoms with Crippen LogP contribution < -0.4 is 16.0 Å². The molecule has 2 atom stereocenters. The Morgan fingerprint density at radius 3 is 2.76 bits per heavy atom. The molecule has 6 nitrogen and oxygen atoms in total. The van der Waals surface area contributed by atoms with E-state index in [0.29, 0.717) is 11.4 Å². The molecule has 2 aliphatic rings. The van der Waals surface area contributed by atoms with E-state index in [0.717, 1.165) is 27.2 Å². The molecule has 2 aromatic heterocycles. The minimum Gasteiger partial charge on any atom is -0.472 e. The van der Waals surface area contributed by atoms with Crippen LogP contribution in [0.25, 0.3) is 10.9 Å². The number of H-pyrrole nitrogens is 3. The van der Waals surface area contributed by atoms with Crippen molar-refractivity contribution in [2.24, 2.45) is 5.92 Å². The summed E-state index contributed by atoms with van der Waals surface area (Å²) in [4.78, 5) is 32.9. The Balaban J connectivity index is 1.88. The largest absolute Gasteiger partial charge is 0.472 e. The summed E-state index contributed by atoms with van der Waals surface area (Å²) in [6.07, 6.45) is 0. The topological polar surface area (TPSA) is 90.7 Å². The third-order valence-electron chi connectivity index (χ3n) is 5.34. The lowest BCUT2D eigenvalue weighted by molar-refractivity contribution is 0.0207. The van der Waals surface area contributed by atoms with Gasteiger partial charge in [-0.1, -0.05) is 18.2 Å². The van der Waals surface area contributed by atoms with E-state index >= 15 is 0 Å². The van der Waals surface area contributed by atoms with Crippen LogP contribution in [-0.2, 0) is 0 Å². The van der Waals surface area contributed by atoms with Crippen molar-refractivity contribution in [2.75, 3.05) is 5.75 Å². The quantitative estimate of drug-likeness (QED) is 0.578. The predicted molar refractivity (Wildman–Crippen MR) is 96.7 cm³/mol. The second-order valence-electron chi connectivity index (χ2n) is 7.17. The van der Waals surface area contributed by atoms with Gasteiger partial charge in [0.15, 0.2) is 0 Å². The summed E-state index contributed by atoms with van der Waals surface area (Å²) in [5, 5.41) is 2.21. The number of hydrogen-bond acceptors (Lipinski definition) is 4. The number of aromatic nitrogens is 3. The van der Waals surface area contributed by atoms with Crippen LogP contribution in [0.15, 0.2) is 38.9 Å². The Kier molecular flexibility index (Phi) is 2.87. The number of nitrogens with one attached hydrogen (secondary N) is 3. The van der Waals surface area contributed by atoms with Crippen LogP contribution in [0.1, 0.15) is 30.9 Å². The molecule has 0 saturated carbocycles. The van der Waals surface area contributed by atoms with Gasteiger partial charge in [0, 0.05) is 28.5 Å². The second kappa shape index (κ2) is 4.82. The van der Waals surface area contributed by atoms with E-state index in [2.05, 4.69) is 21.0 Å². The highest BCUT2D eigenvalue weighted by molar-refractivity contribution is 7.99. The minimum atomic E-state index is -0.540. The molecular weight excluding hydrogens is 338 g/mol. The smallest absolute Gasteiger partial charge is 0.328 e. The number of hydrogen-bond donors (Lipinski definition) is 3. The fourth-order valence-corrected chi connectivity index (χ4v) is 5.67. The molecule has 1 aromatic carbocycles. The van der Waals surface area contributed by atoms with Crippen molar-refractivity contribution in [1.82, 2.24) is 15.0 Å². The van der Waals surface area contributed by atoms with Crippen molar-refractivity contribution in [3.8, 4) is 5.88 Å². The van der Waals surface area contributed by atoms with Crippen molar-refractivity contribution in [3.63, 3.8) is 0 Å². The van der Waals surface area contributed by atoms with Crippen molar-refractivity contribution >= 4 is 22.7 Å². The molecule has 3 aromatic rings. The molecule has 7 heteroatoms. The first-order valence-corrected chi connectivity index (χ1v) is 9.23. The Morgan fingerprint density at radius 2 is 1.92 bits per heavy atom. The first kappa shape index (κ1) is 14.9. The Morgan fingerprint density at radius 1 is 1.12 bits per heavy atom. The second-order valence-corrected chi connectivity index (χ2v) is 8.20. The maximum atomic E-state index is 12.6. The molecule has 4 heterocycles. The molecule has 0 spiro atoms. The van der Waals surface area contributed by atoms with E-state index in [4.69, 9.17) is 4.74 Å². The molecule has 0 bridgehead atoms. The van der Waals surface area contributed by atoms with E-state index in [1.807, 2.05) is 32.0 Å². The first-order chi connectivity index (χ1) is 12.0. The normalized spacial score (nSPS) is 23.4. The molecule has 0 amide bonds. The highest BCUT2D eigenvalue weighted by Gasteiger charge is 2.49. The Bertz CT molecular complexity index is 1120. The average Bonchev–Trinajstić information content (AvgIpc) is 2.92. The minimum absolute atomic E-state index is 0.119. The summed E-state index contributed by atoms with van der Waals surface area (Å²) in [6, 6.07) is 8.13. The summed E-state index contributed by atoms with van der Waals surface area (Å²) >= 11 is 1.77. The fourth-order valence-electron chi connectivity index (χ4n) is 4.16. The van der Waals surface area contributed by atoms with Gasteiger partial charge >= 0.3 is 5.69 Å². The number of ether oxygens (including phenoxy) is 1. The fraction of sp³-hybridized carbons (Fsp3) is 0.333. The summed E-state index contributed by atoms with van der Waals surface area (Å²) < 4.78 is 6.05. The van der Waals surface area contributed by atoms with Crippen LogP contribution in [0.5, 0.6) is 5.88 Å². The number of benzene rings is 1. The van der Waals surface area contributed by atoms with Crippen LogP contribution in [0.3, 0.4) is 0 Å². The zero-order chi connectivity index (χ0) is 17.3. The van der Waals surface area contributed by atoms with Gasteiger partial charge in [-0.15, -0.1) is 11.8 Å². The van der Waals surface area contributed by atoms with Gasteiger partial charge in [-0.2, -0.15) is 0 Å². The standard InChI is InChI=1S/C18H17N3O3S/c1-18(2)9-7-25-16-11(8-5-3-4-6-10(8)19-16)12(9)13-14(22)20-17(23)21-15(13)24-18/h3-6,9,12,19H,7H2,1-2H3,(H2,20,21,22,23). The number of fused-ring (bicyclic) bond motifs is 7. The number of thioether (sulfide) groups is 1. The average molecular weight is 355 g/mol. The molecule has 128 valence electrons. The van der Waals surface area contributed by atoms with Crippen LogP contribution in [-0.4, -0.2) is 26.3 Å². The molecule has 3 N–H and O–H groups in total. The predicted octanol–water partition coefficient (Wildman–Crippen LogP) is 2.57. The summed E-state index contributed by atoms with van der Waals surface area (Å²) in [7, 11) is 0. The molecule has 0 aliphatic carbocycles. The van der Waals surface area contributed by atoms with Gasteiger partial charge in [-0.05, 0) is 25.5 Å². The monoisotopic (exact) mass is 355 g/mol. The van der Waals surface area contributed by atoms with Crippen molar-refractivity contribution < 1.29 is 4.74 Å². The molecule has 25 heavy (non-hydrogen) atoms. The Hall–Kier alpha value is -2.41. The van der Waals surface area contributed by atoms with Gasteiger partial charge in [-0.25, -0.2) is 4.79 Å². The first-order valence-electron chi connectivity index (χ1n) is 8.24. The lowest BCUT2D eigenvalue weighted by atomic mass is 9.72. The van der Waals surface area contributed by atoms with Crippen molar-refractivity contribution in [1.29, 1.82) is 0 Å². The van der Waals surface area contributed by atoms with Crippen LogP contribution in [0.4, 0.5) is 0 Å². The maximum absolute atomic E-state index is 12.6. The van der Waals surface area contributed by atoms with Gasteiger partial charge in [0.2, 0.25) is 5.88 Å². The maximum Gasteiger partial charge on any atom is 0.328 e. The number of rotatable bonds is 0. The van der Waals surface area contributed by atoms with Crippen molar-refractivity contribution in [3.05, 3.63) is 56.2 Å². The zero-order valence-corrected chi connectivity index (χ0v) is 14.6. The summed E-state index contributed by atoms with van der Waals surface area (Å²) in [5.41, 5.74) is 1.32. The zero-order valence-electron chi connectivity index (χ0n) is 13.8. The van der Waals surface area contributed by atoms with Crippen LogP contribution in [0, 0.1) is 5.92 Å². The highest BCUT2D eigenvalue weighted by atomic mass is 32.2. The third kappa shape index (κ3) is 1.99. The van der Waals surface area contributed by atoms with Gasteiger partial charge in [0.05, 0.1) is 10.6 Å². The van der Waals surface area contributed by atoms with Crippen molar-refractivity contribution in [2.45, 2.75) is 30.4 Å². The molecule has 2 unspecified atom stereocenters. The van der Waals surface area contributed by atoms with Gasteiger partial charge in [-0.3, -0.25) is 14.8 Å². The van der Waals surface area contributed by atoms with Gasteiger partial charge in [0.25, 0.3) is 5.56 Å². The van der Waals surface area contributed by atoms with E-state index < -0.39 is 11.3 Å². The van der Waals surface area contributed by atoms with E-state index in [9.17, 15) is 9.59 Å². The molecule has 0 radical (unpaired) electrons. The molecule has 0 fully saturated rings. The molecular formula is C18H17N3O3S. The van der Waals surface area contributed by atoms with E-state index in [-0.39, 0.29) is 17.4 Å². The Labute approximate surface area is 147 Å². The SMILES string of the molecule is CC1(C)Oc2[nH]c(=O)[nH]c(=O)c2C2c3c([nH]c4ccccc34)SCC21. The van der Waals surface area contributed by atoms with Crippen LogP contribution in [0.2, 0.25) is 0 Å². The van der Waals surface area contributed by atoms with E-state index in [1.165, 1.54) is 0 Å². The molecule has 0 saturated heterocycles. The van der Waals surface area contributed by atoms with Gasteiger partial charge in [0.1, 0.15) is 5.60 Å². The lowest BCUT2D eigenvalue weighted by Crippen LogP contribution is -2.50. The van der Waals surface area contributed by atoms with Crippen LogP contribution >= 0.6 is 11.8 Å². The third-order valence-corrected chi connectivity index (χ3v) is 6.48. The van der Waals surface area contributed by atoms with E-state index in [1.54, 1.807) is 11.8 Å². The highest BCUT2D eigenvalue weighted by Crippen LogP contribution is 2.54.